The van der Waals surface area contributed by atoms with Crippen LogP contribution in [0.2, 0.25) is 0 Å². The van der Waals surface area contributed by atoms with E-state index in [-0.39, 0.29) is 5.97 Å². The van der Waals surface area contributed by atoms with Gasteiger partial charge in [0.15, 0.2) is 0 Å². The minimum absolute atomic E-state index is 0.312. The SMILES string of the molecule is O=C1[O][Bi][O][Bi][O]c2ccccc21. The van der Waals surface area contributed by atoms with Crippen molar-refractivity contribution in [3.8, 4) is 5.75 Å². The van der Waals surface area contributed by atoms with Crippen LogP contribution < -0.4 is 2.81 Å². The van der Waals surface area contributed by atoms with E-state index in [9.17, 15) is 4.79 Å². The van der Waals surface area contributed by atoms with E-state index in [1.807, 2.05) is 6.07 Å². The van der Waals surface area contributed by atoms with E-state index in [1.165, 1.54) is 0 Å². The molecule has 0 unspecified atom stereocenters. The molecule has 0 amide bonds. The summed E-state index contributed by atoms with van der Waals surface area (Å²) in [5, 5.41) is 0. The molecule has 0 saturated carbocycles. The summed E-state index contributed by atoms with van der Waals surface area (Å²) in [7, 11) is 0. The van der Waals surface area contributed by atoms with Gasteiger partial charge >= 0.3 is 101 Å². The van der Waals surface area contributed by atoms with Crippen molar-refractivity contribution < 1.29 is 11.3 Å². The van der Waals surface area contributed by atoms with Crippen LogP contribution in [-0.4, -0.2) is 54.2 Å². The van der Waals surface area contributed by atoms with Crippen molar-refractivity contribution in [1.82, 2.24) is 0 Å². The Morgan fingerprint density at radius 1 is 1.08 bits per heavy atom. The van der Waals surface area contributed by atoms with Crippen LogP contribution in [-0.2, 0) is 3.70 Å². The van der Waals surface area contributed by atoms with E-state index < -0.39 is 48.2 Å². The third-order valence-corrected chi connectivity index (χ3v) is 8.48. The van der Waals surface area contributed by atoms with Gasteiger partial charge in [-0.05, 0) is 0 Å². The fourth-order valence-electron chi connectivity index (χ4n) is 0.885. The fourth-order valence-corrected chi connectivity index (χ4v) is 6.03. The summed E-state index contributed by atoms with van der Waals surface area (Å²) in [6, 6.07) is 7.10. The third-order valence-electron chi connectivity index (χ3n) is 1.43. The van der Waals surface area contributed by atoms with Crippen LogP contribution in [0.4, 0.5) is 0 Å². The Kier molecular flexibility index (Phi) is 3.48. The molecule has 4 nitrogen and oxygen atoms in total. The summed E-state index contributed by atoms with van der Waals surface area (Å²) in [4.78, 5) is 11.3. The molecule has 2 radical (unpaired) electrons. The second kappa shape index (κ2) is 4.63. The van der Waals surface area contributed by atoms with Crippen LogP contribution in [0.1, 0.15) is 10.4 Å². The Labute approximate surface area is 100 Å². The number of benzene rings is 1. The molecule has 66 valence electrons. The second-order valence-corrected chi connectivity index (χ2v) is 11.0. The van der Waals surface area contributed by atoms with Gasteiger partial charge in [-0.15, -0.1) is 0 Å². The van der Waals surface area contributed by atoms with E-state index in [1.54, 1.807) is 18.2 Å². The number of rotatable bonds is 0. The molecule has 1 aliphatic rings. The minimum atomic E-state index is -1.47. The van der Waals surface area contributed by atoms with E-state index in [0.29, 0.717) is 11.3 Å². The summed E-state index contributed by atoms with van der Waals surface area (Å²) < 4.78 is 15.6. The monoisotopic (exact) mass is 570 g/mol. The van der Waals surface area contributed by atoms with Gasteiger partial charge in [0.2, 0.25) is 0 Å². The first-order valence-corrected chi connectivity index (χ1v) is 9.10. The predicted octanol–water partition coefficient (Wildman–Crippen LogP) is 0.321. The number of hydrogen-bond donors (Lipinski definition) is 0. The van der Waals surface area contributed by atoms with Crippen molar-refractivity contribution in [3.05, 3.63) is 29.8 Å². The molecule has 0 bridgehead atoms. The van der Waals surface area contributed by atoms with Crippen LogP contribution >= 0.6 is 0 Å². The zero-order chi connectivity index (χ0) is 9.10. The summed E-state index contributed by atoms with van der Waals surface area (Å²) in [5.41, 5.74) is 0.526. The van der Waals surface area contributed by atoms with E-state index in [2.05, 4.69) is 0 Å². The van der Waals surface area contributed by atoms with Crippen LogP contribution in [0.3, 0.4) is 0 Å². The zero-order valence-electron chi connectivity index (χ0n) is 6.34. The molecule has 1 aromatic carbocycles. The first-order chi connectivity index (χ1) is 6.38. The molecule has 0 N–H and O–H groups in total. The number of fused-ring (bicyclic) bond motifs is 1. The van der Waals surface area contributed by atoms with Crippen molar-refractivity contribution in [2.24, 2.45) is 0 Å². The first-order valence-electron chi connectivity index (χ1n) is 3.42. The molecule has 13 heavy (non-hydrogen) atoms. The van der Waals surface area contributed by atoms with Crippen molar-refractivity contribution in [2.45, 2.75) is 0 Å². The summed E-state index contributed by atoms with van der Waals surface area (Å²) in [5.74, 6) is 0.290. The molecule has 2 rings (SSSR count). The number of para-hydroxylation sites is 1. The van der Waals surface area contributed by atoms with Gasteiger partial charge in [0.25, 0.3) is 0 Å². The van der Waals surface area contributed by atoms with Gasteiger partial charge < -0.3 is 0 Å². The topological polar surface area (TPSA) is 44.8 Å². The maximum absolute atomic E-state index is 11.3. The normalized spacial score (nSPS) is 16.2. The third kappa shape index (κ3) is 2.37. The molecule has 1 aliphatic heterocycles. The van der Waals surface area contributed by atoms with Gasteiger partial charge in [-0.2, -0.15) is 0 Å². The predicted molar refractivity (Wildman–Crippen MR) is 45.1 cm³/mol. The number of carbonyl (C=O) groups is 1. The average Bonchev–Trinajstić information content (AvgIpc) is 2.14. The Bertz CT molecular complexity index is 328. The molecule has 0 spiro atoms. The van der Waals surface area contributed by atoms with Gasteiger partial charge in [0.1, 0.15) is 0 Å². The molecule has 0 fully saturated rings. The Balaban J connectivity index is 2.37. The van der Waals surface area contributed by atoms with Crippen molar-refractivity contribution in [3.63, 3.8) is 0 Å². The van der Waals surface area contributed by atoms with Crippen LogP contribution in [0.15, 0.2) is 24.3 Å². The van der Waals surface area contributed by atoms with Gasteiger partial charge in [-0.3, -0.25) is 0 Å². The average molecular weight is 570 g/mol. The molecular weight excluding hydrogens is 566 g/mol. The second-order valence-electron chi connectivity index (χ2n) is 2.20. The van der Waals surface area contributed by atoms with Gasteiger partial charge in [0, 0.05) is 0 Å². The van der Waals surface area contributed by atoms with Crippen LogP contribution in [0.5, 0.6) is 5.75 Å². The van der Waals surface area contributed by atoms with E-state index >= 15 is 0 Å². The molecule has 0 aliphatic carbocycles. The molecule has 0 saturated heterocycles. The van der Waals surface area contributed by atoms with Crippen molar-refractivity contribution in [2.75, 3.05) is 0 Å². The molecule has 0 atom stereocenters. The van der Waals surface area contributed by atoms with Crippen LogP contribution in [0.25, 0.3) is 0 Å². The summed E-state index contributed by atoms with van der Waals surface area (Å²) in [6.07, 6.45) is 0. The number of carbonyl (C=O) groups excluding carboxylic acids is 1. The Morgan fingerprint density at radius 3 is 2.77 bits per heavy atom. The number of hydrogen-bond acceptors (Lipinski definition) is 4. The summed E-state index contributed by atoms with van der Waals surface area (Å²) >= 11 is -2.80. The standard InChI is InChI=1S/C7H6O3.2Bi.O/c8-6-4-2-1-3-5(6)7(9)10;;;/h1-4,8H,(H,9,10);;;/q;2*+1;/p-2. The van der Waals surface area contributed by atoms with E-state index in [0.717, 1.165) is 0 Å². The van der Waals surface area contributed by atoms with Gasteiger partial charge in [-0.1, -0.05) is 0 Å². The maximum atomic E-state index is 11.3. The molecule has 0 aromatic heterocycles. The van der Waals surface area contributed by atoms with Gasteiger partial charge in [-0.25, -0.2) is 0 Å². The molecule has 1 aromatic rings. The Hall–Kier alpha value is 0.216. The quantitative estimate of drug-likeness (QED) is 0.423. The van der Waals surface area contributed by atoms with Crippen molar-refractivity contribution in [1.29, 1.82) is 0 Å². The molecule has 6 heteroatoms. The van der Waals surface area contributed by atoms with Gasteiger partial charge in [0.05, 0.1) is 0 Å². The molecule has 1 heterocycles. The molecular formula is C7H4Bi2O4. The van der Waals surface area contributed by atoms with Crippen LogP contribution in [0, 0.1) is 0 Å². The first kappa shape index (κ1) is 9.76. The zero-order valence-corrected chi connectivity index (χ0v) is 13.3. The fraction of sp³-hybridized carbons (Fsp3) is 0. The van der Waals surface area contributed by atoms with E-state index in [4.69, 9.17) is 6.52 Å². The Morgan fingerprint density at radius 2 is 1.85 bits per heavy atom. The van der Waals surface area contributed by atoms with Crippen molar-refractivity contribution >= 4 is 54.2 Å². The summed E-state index contributed by atoms with van der Waals surface area (Å²) in [6.45, 7) is 0.